The van der Waals surface area contributed by atoms with Crippen molar-refractivity contribution >= 4 is 7.14 Å². The van der Waals surface area contributed by atoms with Crippen LogP contribution in [0.25, 0.3) is 0 Å². The second kappa shape index (κ2) is 9.42. The maximum Gasteiger partial charge on any atom is 0.111 e. The van der Waals surface area contributed by atoms with Gasteiger partial charge in [-0.15, -0.1) is 0 Å². The average molecular weight is 234 g/mol. The fourth-order valence-corrected chi connectivity index (χ4v) is 2.72. The summed E-state index contributed by atoms with van der Waals surface area (Å²) in [6.07, 6.45) is 8.32. The largest absolute Gasteiger partial charge is 0.374 e. The first-order valence-electron chi connectivity index (χ1n) is 6.33. The number of ether oxygens (including phenoxy) is 1. The van der Waals surface area contributed by atoms with Crippen LogP contribution in [0.15, 0.2) is 0 Å². The summed E-state index contributed by atoms with van der Waals surface area (Å²) in [5.74, 6) is 0. The zero-order valence-electron chi connectivity index (χ0n) is 10.6. The molecule has 0 unspecified atom stereocenters. The molecule has 2 nitrogen and oxygen atoms in total. The van der Waals surface area contributed by atoms with Gasteiger partial charge < -0.3 is 9.30 Å². The van der Waals surface area contributed by atoms with Crippen LogP contribution >= 0.6 is 7.14 Å². The van der Waals surface area contributed by atoms with Gasteiger partial charge in [0, 0.05) is 18.9 Å². The predicted molar refractivity (Wildman–Crippen MR) is 68.3 cm³/mol. The molecule has 0 aliphatic carbocycles. The summed E-state index contributed by atoms with van der Waals surface area (Å²) in [6, 6.07) is 0. The third-order valence-electron chi connectivity index (χ3n) is 2.87. The Morgan fingerprint density at radius 1 is 0.933 bits per heavy atom. The highest BCUT2D eigenvalue weighted by Gasteiger charge is 2.16. The van der Waals surface area contributed by atoms with E-state index in [1.54, 1.807) is 0 Å². The van der Waals surface area contributed by atoms with E-state index in [1.807, 2.05) is 13.8 Å². The van der Waals surface area contributed by atoms with Gasteiger partial charge in [-0.25, -0.2) is 0 Å². The molecule has 0 aromatic carbocycles. The van der Waals surface area contributed by atoms with Crippen LogP contribution in [0.2, 0.25) is 0 Å². The van der Waals surface area contributed by atoms with E-state index in [2.05, 4.69) is 6.92 Å². The first-order chi connectivity index (χ1) is 7.18. The Labute approximate surface area is 95.2 Å². The lowest BCUT2D eigenvalue weighted by molar-refractivity contribution is 0.170. The van der Waals surface area contributed by atoms with Gasteiger partial charge in [0.2, 0.25) is 0 Å². The van der Waals surface area contributed by atoms with Crippen LogP contribution < -0.4 is 0 Å². The molecule has 0 saturated carbocycles. The zero-order valence-corrected chi connectivity index (χ0v) is 11.5. The summed E-state index contributed by atoms with van der Waals surface area (Å²) in [5, 5.41) is 0. The van der Waals surface area contributed by atoms with Gasteiger partial charge in [-0.05, 0) is 6.42 Å². The summed E-state index contributed by atoms with van der Waals surface area (Å²) in [5.41, 5.74) is 0. The molecule has 0 spiro atoms. The summed E-state index contributed by atoms with van der Waals surface area (Å²) < 4.78 is 17.5. The topological polar surface area (TPSA) is 26.3 Å². The van der Waals surface area contributed by atoms with Crippen LogP contribution in [-0.2, 0) is 9.30 Å². The Balaban J connectivity index is 3.34. The Bertz CT molecular complexity index is 172. The van der Waals surface area contributed by atoms with Crippen molar-refractivity contribution in [2.24, 2.45) is 0 Å². The van der Waals surface area contributed by atoms with Gasteiger partial charge in [0.1, 0.15) is 7.14 Å². The standard InChI is InChI=1S/C12H27O2P/c1-4-7-8-9-10-11-14-12-15(13,5-2)6-3/h4-12H2,1-3H3. The molecule has 0 aliphatic rings. The molecule has 0 rings (SSSR count). The molecule has 0 atom stereocenters. The van der Waals surface area contributed by atoms with Gasteiger partial charge in [0.25, 0.3) is 0 Å². The number of unbranched alkanes of at least 4 members (excludes halogenated alkanes) is 4. The number of rotatable bonds is 10. The van der Waals surface area contributed by atoms with E-state index in [0.29, 0.717) is 6.35 Å². The van der Waals surface area contributed by atoms with Crippen LogP contribution in [-0.4, -0.2) is 25.3 Å². The normalized spacial score (nSPS) is 11.9. The van der Waals surface area contributed by atoms with E-state index in [-0.39, 0.29) is 0 Å². The molecule has 0 heterocycles. The van der Waals surface area contributed by atoms with Gasteiger partial charge in [0.05, 0.1) is 6.35 Å². The summed E-state index contributed by atoms with van der Waals surface area (Å²) >= 11 is 0. The Morgan fingerprint density at radius 2 is 1.53 bits per heavy atom. The van der Waals surface area contributed by atoms with Crippen LogP contribution in [0.4, 0.5) is 0 Å². The molecule has 0 aromatic heterocycles. The quantitative estimate of drug-likeness (QED) is 0.415. The predicted octanol–water partition coefficient (Wildman–Crippen LogP) is 4.33. The molecular formula is C12H27O2P. The monoisotopic (exact) mass is 234 g/mol. The van der Waals surface area contributed by atoms with Crippen molar-refractivity contribution in [2.75, 3.05) is 25.3 Å². The molecule has 0 aliphatic heterocycles. The maximum atomic E-state index is 12.0. The van der Waals surface area contributed by atoms with Crippen LogP contribution in [0.3, 0.4) is 0 Å². The minimum absolute atomic E-state index is 0.494. The molecule has 15 heavy (non-hydrogen) atoms. The van der Waals surface area contributed by atoms with E-state index in [9.17, 15) is 4.57 Å². The average Bonchev–Trinajstić information content (AvgIpc) is 2.27. The lowest BCUT2D eigenvalue weighted by Crippen LogP contribution is -2.02. The van der Waals surface area contributed by atoms with E-state index in [1.165, 1.54) is 25.7 Å². The summed E-state index contributed by atoms with van der Waals surface area (Å²) in [6.45, 7) is 6.99. The van der Waals surface area contributed by atoms with E-state index in [4.69, 9.17) is 4.74 Å². The van der Waals surface area contributed by atoms with E-state index >= 15 is 0 Å². The smallest absolute Gasteiger partial charge is 0.111 e. The van der Waals surface area contributed by atoms with Crippen molar-refractivity contribution in [2.45, 2.75) is 52.9 Å². The lowest BCUT2D eigenvalue weighted by Gasteiger charge is -2.14. The molecule has 3 heteroatoms. The van der Waals surface area contributed by atoms with E-state index < -0.39 is 7.14 Å². The van der Waals surface area contributed by atoms with Gasteiger partial charge in [-0.2, -0.15) is 0 Å². The van der Waals surface area contributed by atoms with Crippen LogP contribution in [0.1, 0.15) is 52.9 Å². The van der Waals surface area contributed by atoms with Crippen molar-refractivity contribution in [3.05, 3.63) is 0 Å². The number of hydrogen-bond acceptors (Lipinski definition) is 2. The SMILES string of the molecule is CCCCCCCOCP(=O)(CC)CC. The van der Waals surface area contributed by atoms with Gasteiger partial charge >= 0.3 is 0 Å². The fourth-order valence-electron chi connectivity index (χ4n) is 1.44. The van der Waals surface area contributed by atoms with Gasteiger partial charge in [0.15, 0.2) is 0 Å². The highest BCUT2D eigenvalue weighted by atomic mass is 31.2. The second-order valence-corrected chi connectivity index (χ2v) is 7.78. The van der Waals surface area contributed by atoms with Crippen molar-refractivity contribution in [1.29, 1.82) is 0 Å². The molecule has 0 aromatic rings. The van der Waals surface area contributed by atoms with Crippen molar-refractivity contribution in [1.82, 2.24) is 0 Å². The summed E-state index contributed by atoms with van der Waals surface area (Å²) in [7, 11) is -1.96. The Kier molecular flexibility index (Phi) is 9.54. The van der Waals surface area contributed by atoms with Crippen LogP contribution in [0.5, 0.6) is 0 Å². The van der Waals surface area contributed by atoms with Crippen molar-refractivity contribution in [3.8, 4) is 0 Å². The molecule has 0 N–H and O–H groups in total. The van der Waals surface area contributed by atoms with Crippen LogP contribution in [0, 0.1) is 0 Å². The highest BCUT2D eigenvalue weighted by Crippen LogP contribution is 2.44. The molecule has 0 amide bonds. The first-order valence-corrected chi connectivity index (χ1v) is 8.59. The molecule has 0 fully saturated rings. The lowest BCUT2D eigenvalue weighted by atomic mass is 10.2. The molecule has 0 bridgehead atoms. The van der Waals surface area contributed by atoms with E-state index in [0.717, 1.165) is 25.4 Å². The fraction of sp³-hybridized carbons (Fsp3) is 1.00. The maximum absolute atomic E-state index is 12.0. The Morgan fingerprint density at radius 3 is 2.07 bits per heavy atom. The van der Waals surface area contributed by atoms with Crippen molar-refractivity contribution < 1.29 is 9.30 Å². The second-order valence-electron chi connectivity index (χ2n) is 4.14. The molecule has 0 saturated heterocycles. The zero-order chi connectivity index (χ0) is 11.6. The number of hydrogen-bond donors (Lipinski definition) is 0. The minimum Gasteiger partial charge on any atom is -0.374 e. The third-order valence-corrected chi connectivity index (χ3v) is 5.83. The Hall–Kier alpha value is 0.190. The first kappa shape index (κ1) is 15.2. The third kappa shape index (κ3) is 8.04. The highest BCUT2D eigenvalue weighted by molar-refractivity contribution is 7.63. The summed E-state index contributed by atoms with van der Waals surface area (Å²) in [4.78, 5) is 0. The van der Waals surface area contributed by atoms with Gasteiger partial charge in [-0.3, -0.25) is 0 Å². The minimum atomic E-state index is -1.96. The van der Waals surface area contributed by atoms with Gasteiger partial charge in [-0.1, -0.05) is 46.5 Å². The molecular weight excluding hydrogens is 207 g/mol. The molecule has 92 valence electrons. The van der Waals surface area contributed by atoms with Crippen molar-refractivity contribution in [3.63, 3.8) is 0 Å². The molecule has 0 radical (unpaired) electrons.